The molecule has 2 N–H and O–H groups in total. The van der Waals surface area contributed by atoms with Crippen LogP contribution in [0, 0.1) is 13.8 Å². The fraction of sp³-hybridized carbons (Fsp3) is 0.444. The fourth-order valence-electron chi connectivity index (χ4n) is 2.57. The van der Waals surface area contributed by atoms with Crippen LogP contribution >= 0.6 is 0 Å². The smallest absolute Gasteiger partial charge is 0.0757 e. The van der Waals surface area contributed by atoms with Crippen molar-refractivity contribution in [3.8, 4) is 0 Å². The van der Waals surface area contributed by atoms with Crippen LogP contribution in [0.3, 0.4) is 0 Å². The normalized spacial score (nSPS) is 13.2. The summed E-state index contributed by atoms with van der Waals surface area (Å²) >= 11 is 0. The predicted molar refractivity (Wildman–Crippen MR) is 87.3 cm³/mol. The summed E-state index contributed by atoms with van der Waals surface area (Å²) in [6.07, 6.45) is 5.90. The van der Waals surface area contributed by atoms with Gasteiger partial charge < -0.3 is 5.73 Å². The van der Waals surface area contributed by atoms with Crippen LogP contribution < -0.4 is 5.73 Å². The minimum atomic E-state index is -0.114. The van der Waals surface area contributed by atoms with E-state index in [-0.39, 0.29) is 11.5 Å². The first-order valence-corrected chi connectivity index (χ1v) is 7.41. The summed E-state index contributed by atoms with van der Waals surface area (Å²) < 4.78 is 0. The van der Waals surface area contributed by atoms with E-state index < -0.39 is 0 Å². The number of aromatic nitrogens is 2. The standard InChI is InChI=1S/C18H25N3/c1-12-8-14(18(3,4)5)9-13(2)15(12)10-16(19)17-11-20-6-7-21-17/h6-9,11,16H,10,19H2,1-5H3. The average molecular weight is 283 g/mol. The molecule has 2 aromatic rings. The first-order chi connectivity index (χ1) is 9.79. The Kier molecular flexibility index (Phi) is 4.43. The summed E-state index contributed by atoms with van der Waals surface area (Å²) in [5.41, 5.74) is 12.6. The molecule has 2 rings (SSSR count). The molecule has 1 atom stereocenters. The molecular formula is C18H25N3. The van der Waals surface area contributed by atoms with Crippen LogP contribution in [0.4, 0.5) is 0 Å². The zero-order valence-electron chi connectivity index (χ0n) is 13.6. The van der Waals surface area contributed by atoms with Crippen LogP contribution in [-0.2, 0) is 11.8 Å². The molecule has 0 radical (unpaired) electrons. The molecule has 0 fully saturated rings. The van der Waals surface area contributed by atoms with E-state index in [0.29, 0.717) is 0 Å². The monoisotopic (exact) mass is 283 g/mol. The molecule has 112 valence electrons. The highest BCUT2D eigenvalue weighted by molar-refractivity contribution is 5.41. The van der Waals surface area contributed by atoms with Crippen molar-refractivity contribution in [2.75, 3.05) is 0 Å². The van der Waals surface area contributed by atoms with Crippen LogP contribution in [0.5, 0.6) is 0 Å². The fourth-order valence-corrected chi connectivity index (χ4v) is 2.57. The van der Waals surface area contributed by atoms with Gasteiger partial charge in [-0.25, -0.2) is 0 Å². The minimum Gasteiger partial charge on any atom is -0.322 e. The van der Waals surface area contributed by atoms with Gasteiger partial charge in [0.25, 0.3) is 0 Å². The van der Waals surface area contributed by atoms with Crippen molar-refractivity contribution in [2.45, 2.75) is 52.5 Å². The molecule has 0 aliphatic carbocycles. The van der Waals surface area contributed by atoms with Gasteiger partial charge in [0, 0.05) is 18.6 Å². The maximum atomic E-state index is 6.29. The lowest BCUT2D eigenvalue weighted by atomic mass is 9.83. The van der Waals surface area contributed by atoms with Crippen LogP contribution in [0.2, 0.25) is 0 Å². The molecule has 21 heavy (non-hydrogen) atoms. The van der Waals surface area contributed by atoms with E-state index in [4.69, 9.17) is 5.73 Å². The van der Waals surface area contributed by atoms with E-state index in [0.717, 1.165) is 12.1 Å². The van der Waals surface area contributed by atoms with E-state index in [1.54, 1.807) is 18.6 Å². The van der Waals surface area contributed by atoms with Gasteiger partial charge in [0.15, 0.2) is 0 Å². The Morgan fingerprint density at radius 1 is 1.10 bits per heavy atom. The number of nitrogens with two attached hydrogens (primary N) is 1. The number of hydrogen-bond donors (Lipinski definition) is 1. The van der Waals surface area contributed by atoms with Crippen LogP contribution in [0.25, 0.3) is 0 Å². The number of hydrogen-bond acceptors (Lipinski definition) is 3. The Hall–Kier alpha value is -1.74. The molecule has 0 aliphatic rings. The molecule has 3 heteroatoms. The third-order valence-corrected chi connectivity index (χ3v) is 3.95. The van der Waals surface area contributed by atoms with Gasteiger partial charge in [-0.2, -0.15) is 0 Å². The molecular weight excluding hydrogens is 258 g/mol. The molecule has 1 aromatic heterocycles. The van der Waals surface area contributed by atoms with Crippen LogP contribution in [0.15, 0.2) is 30.7 Å². The zero-order valence-corrected chi connectivity index (χ0v) is 13.6. The van der Waals surface area contributed by atoms with Gasteiger partial charge in [0.2, 0.25) is 0 Å². The summed E-state index contributed by atoms with van der Waals surface area (Å²) in [4.78, 5) is 8.40. The molecule has 0 amide bonds. The van der Waals surface area contributed by atoms with Gasteiger partial charge in [-0.05, 0) is 47.9 Å². The molecule has 0 spiro atoms. The second kappa shape index (κ2) is 5.94. The van der Waals surface area contributed by atoms with E-state index in [9.17, 15) is 0 Å². The van der Waals surface area contributed by atoms with E-state index in [1.807, 2.05) is 0 Å². The van der Waals surface area contributed by atoms with E-state index >= 15 is 0 Å². The summed E-state index contributed by atoms with van der Waals surface area (Å²) in [5.74, 6) is 0. The molecule has 0 saturated heterocycles. The zero-order chi connectivity index (χ0) is 15.6. The maximum Gasteiger partial charge on any atom is 0.0757 e. The van der Waals surface area contributed by atoms with Gasteiger partial charge in [0.05, 0.1) is 11.7 Å². The van der Waals surface area contributed by atoms with Gasteiger partial charge in [-0.1, -0.05) is 32.9 Å². The van der Waals surface area contributed by atoms with Gasteiger partial charge in [-0.15, -0.1) is 0 Å². The van der Waals surface area contributed by atoms with Crippen molar-refractivity contribution in [3.05, 3.63) is 58.7 Å². The average Bonchev–Trinajstić information content (AvgIpc) is 2.42. The first kappa shape index (κ1) is 15.6. The highest BCUT2D eigenvalue weighted by Crippen LogP contribution is 2.28. The summed E-state index contributed by atoms with van der Waals surface area (Å²) in [6.45, 7) is 11.1. The maximum absolute atomic E-state index is 6.29. The lowest BCUT2D eigenvalue weighted by molar-refractivity contribution is 0.588. The van der Waals surface area contributed by atoms with Crippen LogP contribution in [-0.4, -0.2) is 9.97 Å². The molecule has 0 saturated carbocycles. The van der Waals surface area contributed by atoms with Crippen LogP contribution in [0.1, 0.15) is 54.8 Å². The van der Waals surface area contributed by atoms with Crippen molar-refractivity contribution >= 4 is 0 Å². The third kappa shape index (κ3) is 3.67. The second-order valence-electron chi connectivity index (χ2n) is 6.78. The van der Waals surface area contributed by atoms with E-state index in [1.165, 1.54) is 22.3 Å². The summed E-state index contributed by atoms with van der Waals surface area (Å²) in [5, 5.41) is 0. The topological polar surface area (TPSA) is 51.8 Å². The van der Waals surface area contributed by atoms with Crippen molar-refractivity contribution in [2.24, 2.45) is 5.73 Å². The first-order valence-electron chi connectivity index (χ1n) is 7.41. The third-order valence-electron chi connectivity index (χ3n) is 3.95. The molecule has 3 nitrogen and oxygen atoms in total. The number of aryl methyl sites for hydroxylation is 2. The lowest BCUT2D eigenvalue weighted by Gasteiger charge is -2.23. The van der Waals surface area contributed by atoms with Crippen molar-refractivity contribution in [3.63, 3.8) is 0 Å². The Labute approximate surface area is 127 Å². The second-order valence-corrected chi connectivity index (χ2v) is 6.78. The summed E-state index contributed by atoms with van der Waals surface area (Å²) in [6, 6.07) is 4.45. The Balaban J connectivity index is 2.29. The molecule has 1 aromatic carbocycles. The minimum absolute atomic E-state index is 0.114. The van der Waals surface area contributed by atoms with Crippen molar-refractivity contribution in [1.82, 2.24) is 9.97 Å². The Bertz CT molecular complexity index is 589. The largest absolute Gasteiger partial charge is 0.322 e. The highest BCUT2D eigenvalue weighted by atomic mass is 14.8. The number of nitrogens with zero attached hydrogens (tertiary/aromatic N) is 2. The van der Waals surface area contributed by atoms with E-state index in [2.05, 4.69) is 56.7 Å². The SMILES string of the molecule is Cc1cc(C(C)(C)C)cc(C)c1CC(N)c1cnccn1. The van der Waals surface area contributed by atoms with Gasteiger partial charge in [0.1, 0.15) is 0 Å². The molecule has 1 unspecified atom stereocenters. The summed E-state index contributed by atoms with van der Waals surface area (Å²) in [7, 11) is 0. The number of benzene rings is 1. The van der Waals surface area contributed by atoms with Crippen molar-refractivity contribution < 1.29 is 0 Å². The van der Waals surface area contributed by atoms with Gasteiger partial charge in [-0.3, -0.25) is 9.97 Å². The molecule has 1 heterocycles. The Morgan fingerprint density at radius 2 is 1.71 bits per heavy atom. The Morgan fingerprint density at radius 3 is 2.19 bits per heavy atom. The molecule has 0 aliphatic heterocycles. The number of rotatable bonds is 3. The molecule has 0 bridgehead atoms. The highest BCUT2D eigenvalue weighted by Gasteiger charge is 2.18. The van der Waals surface area contributed by atoms with Crippen molar-refractivity contribution in [1.29, 1.82) is 0 Å². The van der Waals surface area contributed by atoms with Gasteiger partial charge >= 0.3 is 0 Å². The lowest BCUT2D eigenvalue weighted by Crippen LogP contribution is -2.17. The predicted octanol–water partition coefficient (Wildman–Crippen LogP) is 3.63. The quantitative estimate of drug-likeness (QED) is 0.935.